The van der Waals surface area contributed by atoms with Crippen molar-refractivity contribution in [3.8, 4) is 0 Å². The molecule has 0 fully saturated rings. The van der Waals surface area contributed by atoms with E-state index < -0.39 is 0 Å². The summed E-state index contributed by atoms with van der Waals surface area (Å²) in [6.45, 7) is 2.13. The summed E-state index contributed by atoms with van der Waals surface area (Å²) in [5, 5.41) is 0. The van der Waals surface area contributed by atoms with Gasteiger partial charge in [0.25, 0.3) is 0 Å². The lowest BCUT2D eigenvalue weighted by atomic mass is 10.1. The predicted molar refractivity (Wildman–Crippen MR) is 74.0 cm³/mol. The lowest BCUT2D eigenvalue weighted by Crippen LogP contribution is -2.17. The van der Waals surface area contributed by atoms with Gasteiger partial charge in [-0.1, -0.05) is 37.9 Å². The Morgan fingerprint density at radius 3 is 2.50 bits per heavy atom. The Morgan fingerprint density at radius 1 is 1.19 bits per heavy atom. The van der Waals surface area contributed by atoms with E-state index in [-0.39, 0.29) is 6.04 Å². The summed E-state index contributed by atoms with van der Waals surface area (Å²) in [6, 6.07) is 10.5. The van der Waals surface area contributed by atoms with E-state index in [0.717, 1.165) is 8.95 Å². The van der Waals surface area contributed by atoms with Gasteiger partial charge >= 0.3 is 0 Å². The van der Waals surface area contributed by atoms with Crippen LogP contribution in [0, 0.1) is 0 Å². The van der Waals surface area contributed by atoms with Gasteiger partial charge in [0.1, 0.15) is 0 Å². The van der Waals surface area contributed by atoms with E-state index >= 15 is 0 Å². The number of hydrogen-bond acceptors (Lipinski definition) is 1. The minimum atomic E-state index is 0.245. The zero-order chi connectivity index (χ0) is 11.5. The number of benzene rings is 1. The lowest BCUT2D eigenvalue weighted by Gasteiger charge is -2.18. The third kappa shape index (κ3) is 2.68. The van der Waals surface area contributed by atoms with E-state index in [9.17, 15) is 0 Å². The van der Waals surface area contributed by atoms with Crippen LogP contribution >= 0.6 is 31.9 Å². The van der Waals surface area contributed by atoms with Gasteiger partial charge in [-0.15, -0.1) is 0 Å². The minimum absolute atomic E-state index is 0.245. The fourth-order valence-corrected chi connectivity index (χ4v) is 2.96. The highest BCUT2D eigenvalue weighted by atomic mass is 79.9. The average molecular weight is 344 g/mol. The van der Waals surface area contributed by atoms with Crippen LogP contribution in [0.25, 0.3) is 0 Å². The van der Waals surface area contributed by atoms with Crippen LogP contribution in [0.1, 0.15) is 18.5 Å². The SMILES string of the molecule is CC(Nn1cccc1)c1ccc(Br)cc1Br. The van der Waals surface area contributed by atoms with Gasteiger partial charge in [-0.05, 0) is 36.8 Å². The second-order valence-electron chi connectivity index (χ2n) is 3.61. The van der Waals surface area contributed by atoms with Crippen LogP contribution in [0.2, 0.25) is 0 Å². The third-order valence-electron chi connectivity index (χ3n) is 2.38. The molecule has 2 rings (SSSR count). The summed E-state index contributed by atoms with van der Waals surface area (Å²) in [6.07, 6.45) is 3.98. The molecule has 16 heavy (non-hydrogen) atoms. The highest BCUT2D eigenvalue weighted by Crippen LogP contribution is 2.27. The first-order valence-corrected chi connectivity index (χ1v) is 6.60. The molecular formula is C12H12Br2N2. The number of nitrogens with one attached hydrogen (secondary N) is 1. The van der Waals surface area contributed by atoms with Crippen LogP contribution < -0.4 is 5.43 Å². The molecule has 2 aromatic rings. The largest absolute Gasteiger partial charge is 0.319 e. The highest BCUT2D eigenvalue weighted by molar-refractivity contribution is 9.11. The van der Waals surface area contributed by atoms with Crippen molar-refractivity contribution in [1.82, 2.24) is 4.68 Å². The van der Waals surface area contributed by atoms with Gasteiger partial charge in [-0.25, -0.2) is 0 Å². The fraction of sp³-hybridized carbons (Fsp3) is 0.167. The summed E-state index contributed by atoms with van der Waals surface area (Å²) in [5.74, 6) is 0. The van der Waals surface area contributed by atoms with Gasteiger partial charge in [0.2, 0.25) is 0 Å². The van der Waals surface area contributed by atoms with E-state index in [1.165, 1.54) is 5.56 Å². The van der Waals surface area contributed by atoms with Crippen LogP contribution in [0.3, 0.4) is 0 Å². The molecule has 1 atom stereocenters. The minimum Gasteiger partial charge on any atom is -0.319 e. The highest BCUT2D eigenvalue weighted by Gasteiger charge is 2.08. The number of rotatable bonds is 3. The van der Waals surface area contributed by atoms with Crippen molar-refractivity contribution in [2.24, 2.45) is 0 Å². The summed E-state index contributed by atoms with van der Waals surface area (Å²) in [7, 11) is 0. The second-order valence-corrected chi connectivity index (χ2v) is 5.38. The van der Waals surface area contributed by atoms with Crippen molar-refractivity contribution < 1.29 is 0 Å². The van der Waals surface area contributed by atoms with Crippen molar-refractivity contribution in [3.63, 3.8) is 0 Å². The maximum Gasteiger partial charge on any atom is 0.0656 e. The van der Waals surface area contributed by atoms with Gasteiger partial charge in [0.05, 0.1) is 6.04 Å². The lowest BCUT2D eigenvalue weighted by molar-refractivity contribution is 0.725. The summed E-state index contributed by atoms with van der Waals surface area (Å²) in [5.41, 5.74) is 4.60. The number of hydrogen-bond donors (Lipinski definition) is 1. The molecule has 1 unspecified atom stereocenters. The number of nitrogens with zero attached hydrogens (tertiary/aromatic N) is 1. The summed E-state index contributed by atoms with van der Waals surface area (Å²) < 4.78 is 4.14. The van der Waals surface area contributed by atoms with Gasteiger partial charge < -0.3 is 5.43 Å². The van der Waals surface area contributed by atoms with Crippen molar-refractivity contribution >= 4 is 31.9 Å². The molecule has 0 radical (unpaired) electrons. The summed E-state index contributed by atoms with van der Waals surface area (Å²) in [4.78, 5) is 0. The molecule has 0 spiro atoms. The van der Waals surface area contributed by atoms with E-state index in [1.807, 2.05) is 35.3 Å². The van der Waals surface area contributed by atoms with E-state index in [2.05, 4.69) is 56.3 Å². The zero-order valence-corrected chi connectivity index (χ0v) is 12.0. The van der Waals surface area contributed by atoms with Crippen LogP contribution in [-0.2, 0) is 0 Å². The summed E-state index contributed by atoms with van der Waals surface area (Å²) >= 11 is 7.02. The molecule has 1 aromatic heterocycles. The fourth-order valence-electron chi connectivity index (χ4n) is 1.57. The van der Waals surface area contributed by atoms with E-state index in [0.29, 0.717) is 0 Å². The van der Waals surface area contributed by atoms with Crippen LogP contribution in [0.5, 0.6) is 0 Å². The molecule has 1 aromatic carbocycles. The Hall–Kier alpha value is -0.740. The normalized spacial score (nSPS) is 12.4. The van der Waals surface area contributed by atoms with Gasteiger partial charge in [0, 0.05) is 21.3 Å². The van der Waals surface area contributed by atoms with Crippen LogP contribution in [0.15, 0.2) is 51.7 Å². The monoisotopic (exact) mass is 342 g/mol. The quantitative estimate of drug-likeness (QED) is 0.878. The second kappa shape index (κ2) is 5.06. The molecule has 2 nitrogen and oxygen atoms in total. The van der Waals surface area contributed by atoms with Gasteiger partial charge in [0.15, 0.2) is 0 Å². The predicted octanol–water partition coefficient (Wildman–Crippen LogP) is 4.32. The molecule has 0 saturated heterocycles. The molecule has 84 valence electrons. The molecule has 4 heteroatoms. The zero-order valence-electron chi connectivity index (χ0n) is 8.82. The number of aromatic nitrogens is 1. The van der Waals surface area contributed by atoms with Crippen molar-refractivity contribution in [2.45, 2.75) is 13.0 Å². The Morgan fingerprint density at radius 2 is 1.88 bits per heavy atom. The standard InChI is InChI=1S/C12H12Br2N2/c1-9(15-16-6-2-3-7-16)11-5-4-10(13)8-12(11)14/h2-9,15H,1H3. The molecule has 0 aliphatic rings. The smallest absolute Gasteiger partial charge is 0.0656 e. The average Bonchev–Trinajstić information content (AvgIpc) is 2.70. The topological polar surface area (TPSA) is 17.0 Å². The Balaban J connectivity index is 2.17. The molecule has 0 saturated carbocycles. The van der Waals surface area contributed by atoms with Crippen LogP contribution in [-0.4, -0.2) is 4.68 Å². The Bertz CT molecular complexity index is 466. The van der Waals surface area contributed by atoms with Crippen molar-refractivity contribution in [2.75, 3.05) is 5.43 Å². The molecule has 0 bridgehead atoms. The Kier molecular flexibility index (Phi) is 3.71. The number of halogens is 2. The molecule has 0 aliphatic heterocycles. The first-order chi connectivity index (χ1) is 7.66. The molecule has 0 amide bonds. The van der Waals surface area contributed by atoms with Crippen LogP contribution in [0.4, 0.5) is 0 Å². The van der Waals surface area contributed by atoms with Crippen molar-refractivity contribution in [1.29, 1.82) is 0 Å². The van der Waals surface area contributed by atoms with Gasteiger partial charge in [-0.2, -0.15) is 0 Å². The molecule has 1 N–H and O–H groups in total. The maximum absolute atomic E-state index is 3.57. The third-order valence-corrected chi connectivity index (χ3v) is 3.56. The Labute approximate surface area is 112 Å². The maximum atomic E-state index is 3.57. The van der Waals surface area contributed by atoms with E-state index in [1.54, 1.807) is 0 Å². The van der Waals surface area contributed by atoms with Crippen molar-refractivity contribution in [3.05, 3.63) is 57.2 Å². The molecular weight excluding hydrogens is 332 g/mol. The van der Waals surface area contributed by atoms with Gasteiger partial charge in [-0.3, -0.25) is 4.68 Å². The molecule has 1 heterocycles. The molecule has 0 aliphatic carbocycles. The van der Waals surface area contributed by atoms with E-state index in [4.69, 9.17) is 0 Å². The first-order valence-electron chi connectivity index (χ1n) is 5.01. The first kappa shape index (κ1) is 11.7.